The van der Waals surface area contributed by atoms with E-state index in [9.17, 15) is 0 Å². The van der Waals surface area contributed by atoms with Crippen LogP contribution in [-0.2, 0) is 5.75 Å². The van der Waals surface area contributed by atoms with Crippen molar-refractivity contribution in [2.45, 2.75) is 10.9 Å². The van der Waals surface area contributed by atoms with Gasteiger partial charge in [0.2, 0.25) is 0 Å². The highest BCUT2D eigenvalue weighted by molar-refractivity contribution is 7.98. The lowest BCUT2D eigenvalue weighted by molar-refractivity contribution is 0.982. The molecular formula is C10H12N6S. The van der Waals surface area contributed by atoms with Crippen molar-refractivity contribution in [2.24, 2.45) is 0 Å². The zero-order valence-electron chi connectivity index (χ0n) is 9.00. The third-order valence-electron chi connectivity index (χ3n) is 1.94. The van der Waals surface area contributed by atoms with E-state index in [0.717, 1.165) is 5.69 Å². The Hall–Kier alpha value is -2.02. The third-order valence-corrected chi connectivity index (χ3v) is 2.82. The fraction of sp³-hybridized carbons (Fsp3) is 0.100. The van der Waals surface area contributed by atoms with Gasteiger partial charge in [-0.05, 0) is 12.1 Å². The van der Waals surface area contributed by atoms with Crippen molar-refractivity contribution >= 4 is 29.1 Å². The molecular weight excluding hydrogens is 236 g/mol. The molecule has 2 heterocycles. The molecule has 0 aliphatic carbocycles. The Kier molecular flexibility index (Phi) is 3.29. The number of hydrogen-bond acceptors (Lipinski definition) is 7. The molecule has 0 atom stereocenters. The van der Waals surface area contributed by atoms with E-state index in [-0.39, 0.29) is 0 Å². The number of hydrogen-bond donors (Lipinski definition) is 3. The quantitative estimate of drug-likeness (QED) is 0.546. The zero-order chi connectivity index (χ0) is 12.3. The molecule has 0 radical (unpaired) electrons. The van der Waals surface area contributed by atoms with Crippen LogP contribution in [-0.4, -0.2) is 15.0 Å². The Morgan fingerprint density at radius 3 is 2.41 bits per heavy atom. The highest BCUT2D eigenvalue weighted by Crippen LogP contribution is 2.20. The summed E-state index contributed by atoms with van der Waals surface area (Å²) >= 11 is 1.41. The lowest BCUT2D eigenvalue weighted by Gasteiger charge is -2.03. The summed E-state index contributed by atoms with van der Waals surface area (Å²) < 4.78 is 0. The van der Waals surface area contributed by atoms with Gasteiger partial charge in [-0.3, -0.25) is 4.98 Å². The van der Waals surface area contributed by atoms with Gasteiger partial charge in [-0.15, -0.1) is 0 Å². The Labute approximate surface area is 103 Å². The van der Waals surface area contributed by atoms with E-state index >= 15 is 0 Å². The lowest BCUT2D eigenvalue weighted by atomic mass is 10.3. The predicted octanol–water partition coefficient (Wildman–Crippen LogP) is 0.911. The van der Waals surface area contributed by atoms with Gasteiger partial charge in [0.05, 0.1) is 5.69 Å². The first-order valence-corrected chi connectivity index (χ1v) is 5.85. The Morgan fingerprint density at radius 1 is 1.06 bits per heavy atom. The summed E-state index contributed by atoms with van der Waals surface area (Å²) in [5.41, 5.74) is 18.3. The van der Waals surface area contributed by atoms with Crippen molar-refractivity contribution in [3.05, 3.63) is 30.1 Å². The summed E-state index contributed by atoms with van der Waals surface area (Å²) in [6.45, 7) is 0. The van der Waals surface area contributed by atoms with Gasteiger partial charge >= 0.3 is 0 Å². The van der Waals surface area contributed by atoms with Crippen LogP contribution in [0.2, 0.25) is 0 Å². The molecule has 0 aliphatic rings. The average molecular weight is 248 g/mol. The van der Waals surface area contributed by atoms with Crippen LogP contribution in [0.1, 0.15) is 5.69 Å². The van der Waals surface area contributed by atoms with Crippen LogP contribution in [0.5, 0.6) is 0 Å². The molecule has 2 aromatic rings. The van der Waals surface area contributed by atoms with Gasteiger partial charge in [0.15, 0.2) is 5.16 Å². The van der Waals surface area contributed by atoms with Crippen LogP contribution >= 0.6 is 11.8 Å². The van der Waals surface area contributed by atoms with Gasteiger partial charge in [-0.2, -0.15) is 0 Å². The number of pyridine rings is 1. The first-order valence-electron chi connectivity index (χ1n) is 4.87. The van der Waals surface area contributed by atoms with E-state index in [4.69, 9.17) is 17.2 Å². The van der Waals surface area contributed by atoms with Crippen LogP contribution in [0, 0.1) is 0 Å². The number of aromatic nitrogens is 3. The largest absolute Gasteiger partial charge is 0.399 e. The summed E-state index contributed by atoms with van der Waals surface area (Å²) in [4.78, 5) is 12.3. The highest BCUT2D eigenvalue weighted by atomic mass is 32.2. The second-order valence-corrected chi connectivity index (χ2v) is 4.31. The minimum atomic E-state index is 0.362. The van der Waals surface area contributed by atoms with Gasteiger partial charge in [0, 0.05) is 23.7 Å². The van der Waals surface area contributed by atoms with Gasteiger partial charge in [-0.1, -0.05) is 11.8 Å². The SMILES string of the molecule is Nc1ccnc(CSc2nc(N)cc(N)n2)c1. The van der Waals surface area contributed by atoms with Crippen molar-refractivity contribution in [3.63, 3.8) is 0 Å². The number of nitrogens with two attached hydrogens (primary N) is 3. The summed E-state index contributed by atoms with van der Waals surface area (Å²) in [6.07, 6.45) is 1.67. The molecule has 7 heteroatoms. The summed E-state index contributed by atoms with van der Waals surface area (Å²) in [5, 5.41) is 0.534. The van der Waals surface area contributed by atoms with Crippen LogP contribution in [0.15, 0.2) is 29.6 Å². The van der Waals surface area contributed by atoms with Crippen molar-refractivity contribution in [1.29, 1.82) is 0 Å². The number of thioether (sulfide) groups is 1. The van der Waals surface area contributed by atoms with Crippen molar-refractivity contribution in [2.75, 3.05) is 17.2 Å². The summed E-state index contributed by atoms with van der Waals surface area (Å²) in [5.74, 6) is 1.34. The molecule has 2 rings (SSSR count). The standard InChI is InChI=1S/C10H12N6S/c11-6-1-2-14-7(3-6)5-17-10-15-8(12)4-9(13)16-10/h1-4H,5H2,(H2,11,14)(H4,12,13,15,16). The average Bonchev–Trinajstić information content (AvgIpc) is 2.25. The molecule has 0 amide bonds. The van der Waals surface area contributed by atoms with Crippen LogP contribution in [0.3, 0.4) is 0 Å². The number of rotatable bonds is 3. The Morgan fingerprint density at radius 2 is 1.76 bits per heavy atom. The zero-order valence-corrected chi connectivity index (χ0v) is 9.81. The van der Waals surface area contributed by atoms with E-state index < -0.39 is 0 Å². The maximum atomic E-state index is 5.66. The molecule has 0 saturated carbocycles. The molecule has 0 aliphatic heterocycles. The second kappa shape index (κ2) is 4.88. The molecule has 0 unspecified atom stereocenters. The minimum Gasteiger partial charge on any atom is -0.399 e. The molecule has 2 aromatic heterocycles. The van der Waals surface area contributed by atoms with Crippen LogP contribution in [0.25, 0.3) is 0 Å². The minimum absolute atomic E-state index is 0.362. The summed E-state index contributed by atoms with van der Waals surface area (Å²) in [7, 11) is 0. The molecule has 17 heavy (non-hydrogen) atoms. The highest BCUT2D eigenvalue weighted by Gasteiger charge is 2.03. The first kappa shape index (κ1) is 11.5. The molecule has 6 nitrogen and oxygen atoms in total. The van der Waals surface area contributed by atoms with Crippen LogP contribution in [0.4, 0.5) is 17.3 Å². The number of nitrogens with zero attached hydrogens (tertiary/aromatic N) is 3. The second-order valence-electron chi connectivity index (χ2n) is 3.37. The molecule has 0 saturated heterocycles. The van der Waals surface area contributed by atoms with E-state index in [0.29, 0.717) is 28.2 Å². The molecule has 88 valence electrons. The van der Waals surface area contributed by atoms with E-state index in [1.165, 1.54) is 17.8 Å². The predicted molar refractivity (Wildman–Crippen MR) is 69.1 cm³/mol. The van der Waals surface area contributed by atoms with Gasteiger partial charge in [0.1, 0.15) is 11.6 Å². The monoisotopic (exact) mass is 248 g/mol. The Bertz CT molecular complexity index is 510. The maximum absolute atomic E-state index is 5.66. The van der Waals surface area contributed by atoms with E-state index in [1.807, 2.05) is 6.07 Å². The van der Waals surface area contributed by atoms with Crippen molar-refractivity contribution in [1.82, 2.24) is 15.0 Å². The maximum Gasteiger partial charge on any atom is 0.191 e. The third kappa shape index (κ3) is 3.22. The molecule has 0 aromatic carbocycles. The first-order chi connectivity index (χ1) is 8.13. The fourth-order valence-electron chi connectivity index (χ4n) is 1.24. The normalized spacial score (nSPS) is 10.4. The van der Waals surface area contributed by atoms with E-state index in [1.54, 1.807) is 12.3 Å². The topological polar surface area (TPSA) is 117 Å². The molecule has 6 N–H and O–H groups in total. The van der Waals surface area contributed by atoms with Gasteiger partial charge < -0.3 is 17.2 Å². The molecule has 0 bridgehead atoms. The number of anilines is 3. The summed E-state index contributed by atoms with van der Waals surface area (Å²) in [6, 6.07) is 5.06. The van der Waals surface area contributed by atoms with E-state index in [2.05, 4.69) is 15.0 Å². The van der Waals surface area contributed by atoms with Crippen molar-refractivity contribution < 1.29 is 0 Å². The fourth-order valence-corrected chi connectivity index (χ4v) is 2.02. The van der Waals surface area contributed by atoms with Gasteiger partial charge in [0.25, 0.3) is 0 Å². The Balaban J connectivity index is 2.07. The molecule has 0 fully saturated rings. The molecule has 0 spiro atoms. The van der Waals surface area contributed by atoms with Crippen molar-refractivity contribution in [3.8, 4) is 0 Å². The number of nitrogen functional groups attached to an aromatic ring is 3. The smallest absolute Gasteiger partial charge is 0.191 e. The van der Waals surface area contributed by atoms with Gasteiger partial charge in [-0.25, -0.2) is 9.97 Å². The lowest BCUT2D eigenvalue weighted by Crippen LogP contribution is -1.99. The van der Waals surface area contributed by atoms with Crippen LogP contribution < -0.4 is 17.2 Å².